The number of fused-ring (bicyclic) bond motifs is 1. The Balaban J connectivity index is 2.28. The van der Waals surface area contributed by atoms with Crippen LogP contribution in [0.3, 0.4) is 0 Å². The van der Waals surface area contributed by atoms with Crippen molar-refractivity contribution in [3.05, 3.63) is 63.3 Å². The Morgan fingerprint density at radius 1 is 1.27 bits per heavy atom. The number of nitrogens with one attached hydrogen (secondary N) is 1. The molecule has 0 fully saturated rings. The van der Waals surface area contributed by atoms with Crippen LogP contribution in [0.5, 0.6) is 11.5 Å². The normalized spacial score (nSPS) is 12.5. The van der Waals surface area contributed by atoms with Crippen LogP contribution >= 0.6 is 0 Å². The van der Waals surface area contributed by atoms with E-state index in [1.54, 1.807) is 6.07 Å². The van der Waals surface area contributed by atoms with E-state index in [1.807, 2.05) is 50.2 Å². The van der Waals surface area contributed by atoms with Crippen molar-refractivity contribution < 1.29 is 14.8 Å². The Labute approximate surface area is 151 Å². The Bertz CT molecular complexity index is 978. The van der Waals surface area contributed by atoms with Gasteiger partial charge in [-0.3, -0.25) is 15.0 Å². The van der Waals surface area contributed by atoms with Gasteiger partial charge >= 0.3 is 5.69 Å². The van der Waals surface area contributed by atoms with Crippen LogP contribution in [-0.2, 0) is 0 Å². The molecular weight excluding hydrogens is 334 g/mol. The fraction of sp³-hybridized carbons (Fsp3) is 0.263. The van der Waals surface area contributed by atoms with Gasteiger partial charge in [0.15, 0.2) is 5.75 Å². The zero-order valence-corrected chi connectivity index (χ0v) is 15.1. The van der Waals surface area contributed by atoms with Gasteiger partial charge in [0.05, 0.1) is 18.1 Å². The van der Waals surface area contributed by atoms with Crippen LogP contribution in [0, 0.1) is 17.0 Å². The lowest BCUT2D eigenvalue weighted by Gasteiger charge is -2.26. The summed E-state index contributed by atoms with van der Waals surface area (Å²) in [6.07, 6.45) is 0. The number of para-hydroxylation sites is 1. The molecule has 0 amide bonds. The second-order valence-corrected chi connectivity index (χ2v) is 6.42. The second-order valence-electron chi connectivity index (χ2n) is 6.42. The number of aromatic nitrogens is 1. The van der Waals surface area contributed by atoms with Crippen molar-refractivity contribution >= 4 is 16.6 Å². The third-order valence-corrected chi connectivity index (χ3v) is 4.54. The van der Waals surface area contributed by atoms with E-state index in [0.29, 0.717) is 5.56 Å². The lowest BCUT2D eigenvalue weighted by molar-refractivity contribution is -0.386. The SMILES string of the molecule is COc1cc(C(c2c(C)[nH]c3ccccc23)N(C)C)cc([N+](=O)[O-])c1O. The van der Waals surface area contributed by atoms with Crippen LogP contribution in [-0.4, -0.2) is 41.1 Å². The first kappa shape index (κ1) is 17.8. The van der Waals surface area contributed by atoms with Crippen molar-refractivity contribution in [3.63, 3.8) is 0 Å². The number of methoxy groups -OCH3 is 1. The molecule has 1 unspecified atom stereocenters. The van der Waals surface area contributed by atoms with E-state index in [2.05, 4.69) is 4.98 Å². The Morgan fingerprint density at radius 2 is 1.96 bits per heavy atom. The molecule has 3 aromatic rings. The maximum atomic E-state index is 11.4. The highest BCUT2D eigenvalue weighted by Gasteiger charge is 2.28. The summed E-state index contributed by atoms with van der Waals surface area (Å²) in [5.74, 6) is -0.382. The van der Waals surface area contributed by atoms with Crippen LogP contribution < -0.4 is 4.74 Å². The van der Waals surface area contributed by atoms with Crippen molar-refractivity contribution in [1.82, 2.24) is 9.88 Å². The standard InChI is InChI=1S/C19H21N3O4/c1-11-17(13-7-5-6-8-14(13)20-11)18(21(2)3)12-9-15(22(24)25)19(23)16(10-12)26-4/h5-10,18,20,23H,1-4H3. The van der Waals surface area contributed by atoms with E-state index in [4.69, 9.17) is 4.74 Å². The van der Waals surface area contributed by atoms with Crippen LogP contribution in [0.4, 0.5) is 5.69 Å². The summed E-state index contributed by atoms with van der Waals surface area (Å²) in [5.41, 5.74) is 3.33. The molecule has 1 heterocycles. The number of aromatic amines is 1. The molecule has 0 aliphatic carbocycles. The molecule has 0 radical (unpaired) electrons. The minimum absolute atomic E-state index is 0.0820. The highest BCUT2D eigenvalue weighted by molar-refractivity contribution is 5.85. The summed E-state index contributed by atoms with van der Waals surface area (Å²) in [5, 5.41) is 22.5. The fourth-order valence-electron chi connectivity index (χ4n) is 3.44. The summed E-state index contributed by atoms with van der Waals surface area (Å²) < 4.78 is 5.16. The molecule has 0 saturated carbocycles. The maximum absolute atomic E-state index is 11.4. The maximum Gasteiger partial charge on any atom is 0.315 e. The molecule has 1 atom stereocenters. The van der Waals surface area contributed by atoms with Crippen LogP contribution in [0.2, 0.25) is 0 Å². The predicted molar refractivity (Wildman–Crippen MR) is 99.9 cm³/mol. The average molecular weight is 355 g/mol. The Morgan fingerprint density at radius 3 is 2.58 bits per heavy atom. The third-order valence-electron chi connectivity index (χ3n) is 4.54. The fourth-order valence-corrected chi connectivity index (χ4v) is 3.44. The molecule has 7 nitrogen and oxygen atoms in total. The van der Waals surface area contributed by atoms with Gasteiger partial charge < -0.3 is 14.8 Å². The number of H-pyrrole nitrogens is 1. The number of aromatic hydroxyl groups is 1. The summed E-state index contributed by atoms with van der Waals surface area (Å²) in [7, 11) is 5.21. The van der Waals surface area contributed by atoms with Gasteiger partial charge in [-0.25, -0.2) is 0 Å². The molecule has 0 aliphatic rings. The number of nitro benzene ring substituents is 1. The van der Waals surface area contributed by atoms with E-state index in [9.17, 15) is 15.2 Å². The zero-order chi connectivity index (χ0) is 19.0. The molecule has 0 aliphatic heterocycles. The van der Waals surface area contributed by atoms with Crippen molar-refractivity contribution in [2.24, 2.45) is 0 Å². The van der Waals surface area contributed by atoms with Gasteiger partial charge in [0.25, 0.3) is 0 Å². The monoisotopic (exact) mass is 355 g/mol. The minimum Gasteiger partial charge on any atom is -0.500 e. The van der Waals surface area contributed by atoms with Crippen LogP contribution in [0.25, 0.3) is 10.9 Å². The number of hydrogen-bond acceptors (Lipinski definition) is 5. The van der Waals surface area contributed by atoms with Gasteiger partial charge in [0.1, 0.15) is 0 Å². The lowest BCUT2D eigenvalue weighted by atomic mass is 9.94. The van der Waals surface area contributed by atoms with Crippen LogP contribution in [0.15, 0.2) is 36.4 Å². The molecule has 0 bridgehead atoms. The molecule has 136 valence electrons. The largest absolute Gasteiger partial charge is 0.500 e. The molecule has 2 N–H and O–H groups in total. The lowest BCUT2D eigenvalue weighted by Crippen LogP contribution is -2.22. The number of nitrogens with zero attached hydrogens (tertiary/aromatic N) is 2. The number of phenolic OH excluding ortho intramolecular Hbond substituents is 1. The number of aryl methyl sites for hydroxylation is 1. The number of benzene rings is 2. The highest BCUT2D eigenvalue weighted by Crippen LogP contribution is 2.42. The van der Waals surface area contributed by atoms with Gasteiger partial charge in [-0.2, -0.15) is 0 Å². The second kappa shape index (κ2) is 6.68. The van der Waals surface area contributed by atoms with Gasteiger partial charge in [0.2, 0.25) is 5.75 Å². The Kier molecular flexibility index (Phi) is 4.56. The summed E-state index contributed by atoms with van der Waals surface area (Å²) >= 11 is 0. The smallest absolute Gasteiger partial charge is 0.315 e. The first-order chi connectivity index (χ1) is 12.3. The van der Waals surface area contributed by atoms with Crippen molar-refractivity contribution in [2.75, 3.05) is 21.2 Å². The zero-order valence-electron chi connectivity index (χ0n) is 15.1. The number of phenols is 1. The first-order valence-corrected chi connectivity index (χ1v) is 8.14. The highest BCUT2D eigenvalue weighted by atomic mass is 16.6. The molecule has 7 heteroatoms. The van der Waals surface area contributed by atoms with Crippen molar-refractivity contribution in [2.45, 2.75) is 13.0 Å². The number of hydrogen-bond donors (Lipinski definition) is 2. The van der Waals surface area contributed by atoms with E-state index in [0.717, 1.165) is 22.2 Å². The van der Waals surface area contributed by atoms with Gasteiger partial charge in [-0.05, 0) is 38.7 Å². The topological polar surface area (TPSA) is 91.6 Å². The van der Waals surface area contributed by atoms with Gasteiger partial charge in [-0.1, -0.05) is 18.2 Å². The number of rotatable bonds is 5. The molecule has 0 saturated heterocycles. The van der Waals surface area contributed by atoms with Crippen molar-refractivity contribution in [1.29, 1.82) is 0 Å². The molecule has 1 aromatic heterocycles. The van der Waals surface area contributed by atoms with E-state index < -0.39 is 10.7 Å². The average Bonchev–Trinajstić information content (AvgIpc) is 2.92. The van der Waals surface area contributed by atoms with E-state index in [-0.39, 0.29) is 17.5 Å². The summed E-state index contributed by atoms with van der Waals surface area (Å²) in [6, 6.07) is 10.7. The van der Waals surface area contributed by atoms with Gasteiger partial charge in [-0.15, -0.1) is 0 Å². The summed E-state index contributed by atoms with van der Waals surface area (Å²) in [4.78, 5) is 16.1. The molecule has 0 spiro atoms. The third kappa shape index (κ3) is 2.86. The number of ether oxygens (including phenoxy) is 1. The van der Waals surface area contributed by atoms with E-state index >= 15 is 0 Å². The van der Waals surface area contributed by atoms with Crippen LogP contribution in [0.1, 0.15) is 22.9 Å². The Hall–Kier alpha value is -3.06. The summed E-state index contributed by atoms with van der Waals surface area (Å²) in [6.45, 7) is 1.98. The molecule has 3 rings (SSSR count). The predicted octanol–water partition coefficient (Wildman–Crippen LogP) is 3.75. The minimum atomic E-state index is -0.601. The number of nitro groups is 1. The van der Waals surface area contributed by atoms with Gasteiger partial charge in [0, 0.05) is 28.2 Å². The molecular formula is C19H21N3O4. The van der Waals surface area contributed by atoms with E-state index in [1.165, 1.54) is 13.2 Å². The first-order valence-electron chi connectivity index (χ1n) is 8.14. The molecule has 2 aromatic carbocycles. The molecule has 26 heavy (non-hydrogen) atoms. The van der Waals surface area contributed by atoms with Crippen molar-refractivity contribution in [3.8, 4) is 11.5 Å². The quantitative estimate of drug-likeness (QED) is 0.537.